The van der Waals surface area contributed by atoms with E-state index in [-0.39, 0.29) is 40.5 Å². The van der Waals surface area contributed by atoms with Gasteiger partial charge < -0.3 is 14.2 Å². The molecule has 1 aliphatic heterocycles. The number of ether oxygens (including phenoxy) is 3. The highest BCUT2D eigenvalue weighted by atomic mass is 16.6. The van der Waals surface area contributed by atoms with Crippen LogP contribution in [0.5, 0.6) is 0 Å². The molecule has 6 nitrogen and oxygen atoms in total. The van der Waals surface area contributed by atoms with Gasteiger partial charge in [0.15, 0.2) is 5.78 Å². The lowest BCUT2D eigenvalue weighted by Gasteiger charge is -2.57. The van der Waals surface area contributed by atoms with Crippen LogP contribution < -0.4 is 0 Å². The number of rotatable bonds is 6. The summed E-state index contributed by atoms with van der Waals surface area (Å²) < 4.78 is 19.1. The lowest BCUT2D eigenvalue weighted by atomic mass is 9.46. The number of carbonyl (C=O) groups is 1. The van der Waals surface area contributed by atoms with Gasteiger partial charge in [-0.15, -0.1) is 0 Å². The van der Waals surface area contributed by atoms with Crippen LogP contribution in [-0.2, 0) is 25.5 Å². The molecule has 0 unspecified atom stereocenters. The summed E-state index contributed by atoms with van der Waals surface area (Å²) in [4.78, 5) is 23.1. The Hall–Kier alpha value is -1.89. The third-order valence-electron chi connectivity index (χ3n) is 10.5. The molecule has 7 atom stereocenters. The second-order valence-corrected chi connectivity index (χ2v) is 11.5. The minimum absolute atomic E-state index is 0.0415. The second-order valence-electron chi connectivity index (χ2n) is 11.5. The molecule has 0 aromatic heterocycles. The SMILES string of the molecule is COC[C@]1(OC)CC[C@H]2[C@@H]3CCC4=CC(=O)CC[C@]45O[C@]35[C@@H](c3ccc(CN=O)cc3)C[C@@]21C. The molecule has 1 saturated heterocycles. The maximum atomic E-state index is 12.3. The molecule has 1 aromatic rings. The molecular formula is C28H35NO5. The quantitative estimate of drug-likeness (QED) is 0.432. The van der Waals surface area contributed by atoms with Crippen molar-refractivity contribution >= 4 is 5.78 Å². The zero-order chi connectivity index (χ0) is 23.8. The van der Waals surface area contributed by atoms with Crippen molar-refractivity contribution in [2.75, 3.05) is 20.8 Å². The van der Waals surface area contributed by atoms with Gasteiger partial charge in [0.2, 0.25) is 0 Å². The molecule has 0 amide bonds. The van der Waals surface area contributed by atoms with Gasteiger partial charge in [-0.2, -0.15) is 4.91 Å². The van der Waals surface area contributed by atoms with Gasteiger partial charge in [0, 0.05) is 32.0 Å². The van der Waals surface area contributed by atoms with Crippen molar-refractivity contribution in [3.8, 4) is 0 Å². The van der Waals surface area contributed by atoms with E-state index >= 15 is 0 Å². The lowest BCUT2D eigenvalue weighted by Crippen LogP contribution is -2.60. The first-order valence-corrected chi connectivity index (χ1v) is 12.8. The molecule has 5 aliphatic rings. The molecular weight excluding hydrogens is 430 g/mol. The van der Waals surface area contributed by atoms with E-state index in [2.05, 4.69) is 24.2 Å². The Morgan fingerprint density at radius 3 is 2.59 bits per heavy atom. The van der Waals surface area contributed by atoms with Crippen LogP contribution in [0.2, 0.25) is 0 Å². The van der Waals surface area contributed by atoms with Crippen LogP contribution in [-0.4, -0.2) is 43.4 Å². The zero-order valence-electron chi connectivity index (χ0n) is 20.5. The standard InChI is InChI=1S/C28H35NO5/c1-25-15-24(19-6-4-18(5-7-19)16-29-31)28-23(22(25)11-12-26(25,33-3)17-32-2)9-8-20-14-21(30)10-13-27(20,28)34-28/h4-7,14,22-24H,8-13,15-17H2,1-3H3/t22-,23-,24+,25-,26+,27-,28-/m0/s1. The van der Waals surface area contributed by atoms with Crippen LogP contribution in [0.15, 0.2) is 41.1 Å². The summed E-state index contributed by atoms with van der Waals surface area (Å²) in [5.41, 5.74) is 2.50. The summed E-state index contributed by atoms with van der Waals surface area (Å²) in [5, 5.41) is 3.06. The molecule has 6 heteroatoms. The van der Waals surface area contributed by atoms with Crippen LogP contribution in [0.1, 0.15) is 68.9 Å². The van der Waals surface area contributed by atoms with Crippen molar-refractivity contribution in [2.24, 2.45) is 22.4 Å². The average molecular weight is 466 g/mol. The first-order valence-electron chi connectivity index (χ1n) is 12.8. The molecule has 0 radical (unpaired) electrons. The van der Waals surface area contributed by atoms with E-state index in [4.69, 9.17) is 14.2 Å². The van der Waals surface area contributed by atoms with Gasteiger partial charge in [0.05, 0.1) is 12.2 Å². The van der Waals surface area contributed by atoms with Gasteiger partial charge in [-0.3, -0.25) is 4.79 Å². The third-order valence-corrected chi connectivity index (χ3v) is 10.5. The average Bonchev–Trinajstić information content (AvgIpc) is 3.43. The van der Waals surface area contributed by atoms with Crippen molar-refractivity contribution in [3.05, 3.63) is 51.9 Å². The highest BCUT2D eigenvalue weighted by molar-refractivity contribution is 5.92. The van der Waals surface area contributed by atoms with E-state index in [1.165, 1.54) is 11.1 Å². The highest BCUT2D eigenvalue weighted by Gasteiger charge is 2.84. The van der Waals surface area contributed by atoms with Crippen LogP contribution in [0.25, 0.3) is 0 Å². The Morgan fingerprint density at radius 1 is 1.09 bits per heavy atom. The van der Waals surface area contributed by atoms with Crippen molar-refractivity contribution < 1.29 is 19.0 Å². The van der Waals surface area contributed by atoms with Gasteiger partial charge in [-0.1, -0.05) is 36.4 Å². The minimum Gasteiger partial charge on any atom is -0.382 e. The Bertz CT molecular complexity index is 1050. The maximum Gasteiger partial charge on any atom is 0.155 e. The van der Waals surface area contributed by atoms with E-state index in [1.54, 1.807) is 7.11 Å². The van der Waals surface area contributed by atoms with E-state index in [0.717, 1.165) is 44.1 Å². The summed E-state index contributed by atoms with van der Waals surface area (Å²) in [7, 11) is 3.62. The Morgan fingerprint density at radius 2 is 1.88 bits per heavy atom. The summed E-state index contributed by atoms with van der Waals surface area (Å²) in [6.45, 7) is 3.20. The maximum absolute atomic E-state index is 12.3. The number of epoxide rings is 1. The van der Waals surface area contributed by atoms with E-state index in [1.807, 2.05) is 25.3 Å². The highest BCUT2D eigenvalue weighted by Crippen LogP contribution is 2.79. The number of hydrogen-bond donors (Lipinski definition) is 0. The third kappa shape index (κ3) is 2.65. The molecule has 1 aromatic carbocycles. The van der Waals surface area contributed by atoms with E-state index in [0.29, 0.717) is 24.9 Å². The first kappa shape index (κ1) is 22.6. The lowest BCUT2D eigenvalue weighted by molar-refractivity contribution is -0.165. The molecule has 4 aliphatic carbocycles. The van der Waals surface area contributed by atoms with Crippen LogP contribution in [0.4, 0.5) is 0 Å². The second kappa shape index (κ2) is 7.55. The largest absolute Gasteiger partial charge is 0.382 e. The molecule has 6 rings (SSSR count). The summed E-state index contributed by atoms with van der Waals surface area (Å²) >= 11 is 0. The fraction of sp³-hybridized carbons (Fsp3) is 0.679. The number of nitroso groups, excluding NO2 is 1. The normalized spacial score (nSPS) is 44.4. The number of carbonyl (C=O) groups excluding carboxylic acids is 1. The summed E-state index contributed by atoms with van der Waals surface area (Å²) in [6, 6.07) is 8.40. The predicted molar refractivity (Wildman–Crippen MR) is 127 cm³/mol. The van der Waals surface area contributed by atoms with Gasteiger partial charge >= 0.3 is 0 Å². The monoisotopic (exact) mass is 465 g/mol. The topological polar surface area (TPSA) is 77.5 Å². The number of benzene rings is 1. The molecule has 1 heterocycles. The van der Waals surface area contributed by atoms with Crippen molar-refractivity contribution in [3.63, 3.8) is 0 Å². The first-order chi connectivity index (χ1) is 16.4. The smallest absolute Gasteiger partial charge is 0.155 e. The van der Waals surface area contributed by atoms with Crippen molar-refractivity contribution in [2.45, 2.75) is 81.1 Å². The molecule has 4 fully saturated rings. The number of methoxy groups -OCH3 is 2. The number of fused-ring (bicyclic) bond motifs is 2. The Labute approximate surface area is 201 Å². The number of hydrogen-bond acceptors (Lipinski definition) is 6. The number of ketones is 1. The van der Waals surface area contributed by atoms with Crippen LogP contribution in [0.3, 0.4) is 0 Å². The predicted octanol–water partition coefficient (Wildman–Crippen LogP) is 5.10. The molecule has 2 spiro atoms. The molecule has 0 N–H and O–H groups in total. The van der Waals surface area contributed by atoms with E-state index in [9.17, 15) is 9.70 Å². The number of nitrogens with zero attached hydrogens (tertiary/aromatic N) is 1. The summed E-state index contributed by atoms with van der Waals surface area (Å²) in [6.07, 6.45) is 8.35. The Kier molecular flexibility index (Phi) is 5.01. The minimum atomic E-state index is -0.311. The van der Waals surface area contributed by atoms with Crippen molar-refractivity contribution in [1.82, 2.24) is 0 Å². The Balaban J connectivity index is 1.48. The van der Waals surface area contributed by atoms with Crippen LogP contribution in [0, 0.1) is 22.2 Å². The molecule has 3 saturated carbocycles. The fourth-order valence-electron chi connectivity index (χ4n) is 9.00. The molecule has 0 bridgehead atoms. The van der Waals surface area contributed by atoms with Gasteiger partial charge in [0.25, 0.3) is 0 Å². The summed E-state index contributed by atoms with van der Waals surface area (Å²) in [5.74, 6) is 1.35. The zero-order valence-corrected chi connectivity index (χ0v) is 20.5. The van der Waals surface area contributed by atoms with Gasteiger partial charge in [-0.05, 0) is 73.1 Å². The molecule has 182 valence electrons. The van der Waals surface area contributed by atoms with Crippen molar-refractivity contribution in [1.29, 1.82) is 0 Å². The van der Waals surface area contributed by atoms with Gasteiger partial charge in [0.1, 0.15) is 17.7 Å². The van der Waals surface area contributed by atoms with Crippen LogP contribution >= 0.6 is 0 Å². The fourth-order valence-corrected chi connectivity index (χ4v) is 9.00. The molecule has 34 heavy (non-hydrogen) atoms. The van der Waals surface area contributed by atoms with E-state index < -0.39 is 0 Å². The van der Waals surface area contributed by atoms with Gasteiger partial charge in [-0.25, -0.2) is 0 Å².